The van der Waals surface area contributed by atoms with Gasteiger partial charge in [0.1, 0.15) is 0 Å². The van der Waals surface area contributed by atoms with E-state index in [1.165, 1.54) is 32.1 Å². The van der Waals surface area contributed by atoms with Crippen LogP contribution >= 0.6 is 0 Å². The Morgan fingerprint density at radius 3 is 2.33 bits per heavy atom. The summed E-state index contributed by atoms with van der Waals surface area (Å²) in [5.41, 5.74) is 0. The number of likely N-dealkylation sites (N-methyl/N-ethyl adjacent to an activating group) is 1. The molecule has 0 rings (SSSR count). The van der Waals surface area contributed by atoms with Gasteiger partial charge >= 0.3 is 0 Å². The topological polar surface area (TPSA) is 3.24 Å². The summed E-state index contributed by atoms with van der Waals surface area (Å²) in [5.74, 6) is 0. The minimum atomic E-state index is 1.08. The highest BCUT2D eigenvalue weighted by Crippen LogP contribution is 2.02. The van der Waals surface area contributed by atoms with E-state index in [0.29, 0.717) is 0 Å². The molecule has 72 valence electrons. The molecule has 0 N–H and O–H groups in total. The van der Waals surface area contributed by atoms with Crippen LogP contribution in [0.15, 0.2) is 12.2 Å². The van der Waals surface area contributed by atoms with E-state index in [0.717, 1.165) is 6.54 Å². The molecular weight excluding hydrogens is 146 g/mol. The van der Waals surface area contributed by atoms with Crippen LogP contribution in [-0.2, 0) is 0 Å². The lowest BCUT2D eigenvalue weighted by atomic mass is 10.1. The molecule has 0 aromatic carbocycles. The zero-order chi connectivity index (χ0) is 9.23. The van der Waals surface area contributed by atoms with E-state index in [9.17, 15) is 0 Å². The Kier molecular flexibility index (Phi) is 8.57. The molecular formula is C11H23N. The van der Waals surface area contributed by atoms with Crippen molar-refractivity contribution < 1.29 is 0 Å². The van der Waals surface area contributed by atoms with E-state index >= 15 is 0 Å². The average Bonchev–Trinajstić information content (AvgIpc) is 2.02. The molecule has 0 spiro atoms. The third-order valence-corrected chi connectivity index (χ3v) is 1.86. The molecule has 0 aromatic rings. The van der Waals surface area contributed by atoms with E-state index in [-0.39, 0.29) is 0 Å². The second-order valence-electron chi connectivity index (χ2n) is 3.58. The highest BCUT2D eigenvalue weighted by atomic mass is 15.0. The summed E-state index contributed by atoms with van der Waals surface area (Å²) in [4.78, 5) is 2.18. The molecule has 0 radical (unpaired) electrons. The zero-order valence-electron chi connectivity index (χ0n) is 8.84. The quantitative estimate of drug-likeness (QED) is 0.418. The Morgan fingerprint density at radius 1 is 1.00 bits per heavy atom. The maximum Gasteiger partial charge on any atom is 0.0157 e. The number of rotatable bonds is 7. The molecule has 0 aliphatic carbocycles. The Hall–Kier alpha value is -0.300. The highest BCUT2D eigenvalue weighted by molar-refractivity contribution is 4.83. The first kappa shape index (κ1) is 11.7. The van der Waals surface area contributed by atoms with Crippen LogP contribution in [0.2, 0.25) is 0 Å². The predicted molar refractivity (Wildman–Crippen MR) is 56.5 cm³/mol. The molecule has 1 heteroatoms. The predicted octanol–water partition coefficient (Wildman–Crippen LogP) is 3.07. The monoisotopic (exact) mass is 169 g/mol. The van der Waals surface area contributed by atoms with Crippen molar-refractivity contribution in [1.82, 2.24) is 4.90 Å². The van der Waals surface area contributed by atoms with Crippen LogP contribution < -0.4 is 0 Å². The Bertz CT molecular complexity index is 106. The number of nitrogens with zero attached hydrogens (tertiary/aromatic N) is 1. The first-order chi connectivity index (χ1) is 5.77. The van der Waals surface area contributed by atoms with Crippen molar-refractivity contribution >= 4 is 0 Å². The van der Waals surface area contributed by atoms with Gasteiger partial charge in [-0.1, -0.05) is 38.3 Å². The highest BCUT2D eigenvalue weighted by Gasteiger charge is 1.85. The summed E-state index contributed by atoms with van der Waals surface area (Å²) in [7, 11) is 4.20. The lowest BCUT2D eigenvalue weighted by molar-refractivity contribution is 0.456. The SMILES string of the molecule is CCCCCC/C=C/CN(C)C. The third kappa shape index (κ3) is 9.70. The summed E-state index contributed by atoms with van der Waals surface area (Å²) in [5, 5.41) is 0. The summed E-state index contributed by atoms with van der Waals surface area (Å²) < 4.78 is 0. The first-order valence-corrected chi connectivity index (χ1v) is 5.07. The fourth-order valence-corrected chi connectivity index (χ4v) is 1.09. The normalized spacial score (nSPS) is 11.7. The molecule has 0 bridgehead atoms. The second kappa shape index (κ2) is 8.79. The van der Waals surface area contributed by atoms with Crippen molar-refractivity contribution in [2.24, 2.45) is 0 Å². The summed E-state index contributed by atoms with van der Waals surface area (Å²) >= 11 is 0. The van der Waals surface area contributed by atoms with Gasteiger partial charge < -0.3 is 4.90 Å². The summed E-state index contributed by atoms with van der Waals surface area (Å²) in [6, 6.07) is 0. The van der Waals surface area contributed by atoms with Gasteiger partial charge in [0.05, 0.1) is 0 Å². The Morgan fingerprint density at radius 2 is 1.75 bits per heavy atom. The van der Waals surface area contributed by atoms with Crippen molar-refractivity contribution in [2.45, 2.75) is 39.0 Å². The number of hydrogen-bond acceptors (Lipinski definition) is 1. The molecule has 0 amide bonds. The van der Waals surface area contributed by atoms with Crippen LogP contribution in [0.4, 0.5) is 0 Å². The van der Waals surface area contributed by atoms with Crippen LogP contribution in [0.5, 0.6) is 0 Å². The zero-order valence-corrected chi connectivity index (χ0v) is 8.84. The van der Waals surface area contributed by atoms with Gasteiger partial charge in [-0.2, -0.15) is 0 Å². The Labute approximate surface area is 77.5 Å². The number of hydrogen-bond donors (Lipinski definition) is 0. The van der Waals surface area contributed by atoms with Crippen LogP contribution in [0, 0.1) is 0 Å². The van der Waals surface area contributed by atoms with E-state index in [2.05, 4.69) is 38.1 Å². The van der Waals surface area contributed by atoms with Crippen molar-refractivity contribution in [3.05, 3.63) is 12.2 Å². The summed E-state index contributed by atoms with van der Waals surface area (Å²) in [6.45, 7) is 3.33. The molecule has 12 heavy (non-hydrogen) atoms. The number of allylic oxidation sites excluding steroid dienone is 1. The maximum absolute atomic E-state index is 2.30. The molecule has 0 aliphatic rings. The molecule has 0 saturated heterocycles. The van der Waals surface area contributed by atoms with Gasteiger partial charge in [-0.05, 0) is 26.9 Å². The van der Waals surface area contributed by atoms with Crippen LogP contribution in [0.25, 0.3) is 0 Å². The Balaban J connectivity index is 3.03. The second-order valence-corrected chi connectivity index (χ2v) is 3.58. The van der Waals surface area contributed by atoms with Crippen molar-refractivity contribution in [1.29, 1.82) is 0 Å². The molecule has 1 nitrogen and oxygen atoms in total. The molecule has 0 unspecified atom stereocenters. The largest absolute Gasteiger partial charge is 0.306 e. The van der Waals surface area contributed by atoms with Crippen LogP contribution in [-0.4, -0.2) is 25.5 Å². The first-order valence-electron chi connectivity index (χ1n) is 5.07. The molecule has 0 aliphatic heterocycles. The van der Waals surface area contributed by atoms with Gasteiger partial charge in [-0.25, -0.2) is 0 Å². The van der Waals surface area contributed by atoms with Crippen LogP contribution in [0.1, 0.15) is 39.0 Å². The van der Waals surface area contributed by atoms with E-state index in [1.54, 1.807) is 0 Å². The molecule has 0 fully saturated rings. The van der Waals surface area contributed by atoms with Crippen molar-refractivity contribution in [3.63, 3.8) is 0 Å². The van der Waals surface area contributed by atoms with E-state index < -0.39 is 0 Å². The minimum absolute atomic E-state index is 1.08. The van der Waals surface area contributed by atoms with Gasteiger partial charge in [-0.15, -0.1) is 0 Å². The third-order valence-electron chi connectivity index (χ3n) is 1.86. The fourth-order valence-electron chi connectivity index (χ4n) is 1.09. The van der Waals surface area contributed by atoms with Crippen molar-refractivity contribution in [2.75, 3.05) is 20.6 Å². The standard InChI is InChI=1S/C11H23N/c1-4-5-6-7-8-9-10-11-12(2)3/h9-10H,4-8,11H2,1-3H3/b10-9+. The van der Waals surface area contributed by atoms with E-state index in [4.69, 9.17) is 0 Å². The lowest BCUT2D eigenvalue weighted by Gasteiger charge is -2.03. The van der Waals surface area contributed by atoms with Crippen molar-refractivity contribution in [3.8, 4) is 0 Å². The fraction of sp³-hybridized carbons (Fsp3) is 0.818. The van der Waals surface area contributed by atoms with Gasteiger partial charge in [0.25, 0.3) is 0 Å². The van der Waals surface area contributed by atoms with Gasteiger partial charge in [-0.3, -0.25) is 0 Å². The molecule has 0 aromatic heterocycles. The lowest BCUT2D eigenvalue weighted by Crippen LogP contribution is -2.10. The summed E-state index contributed by atoms with van der Waals surface area (Å²) in [6.07, 6.45) is 11.3. The van der Waals surface area contributed by atoms with Gasteiger partial charge in [0.2, 0.25) is 0 Å². The molecule has 0 heterocycles. The minimum Gasteiger partial charge on any atom is -0.306 e. The van der Waals surface area contributed by atoms with Gasteiger partial charge in [0, 0.05) is 6.54 Å². The van der Waals surface area contributed by atoms with Crippen LogP contribution in [0.3, 0.4) is 0 Å². The van der Waals surface area contributed by atoms with E-state index in [1.807, 2.05) is 0 Å². The molecule has 0 atom stereocenters. The number of unbranched alkanes of at least 4 members (excludes halogenated alkanes) is 4. The maximum atomic E-state index is 2.30. The van der Waals surface area contributed by atoms with Gasteiger partial charge in [0.15, 0.2) is 0 Å². The smallest absolute Gasteiger partial charge is 0.0157 e. The molecule has 0 saturated carbocycles. The average molecular weight is 169 g/mol.